The number of hydrogen-bond donors (Lipinski definition) is 2. The zero-order valence-electron chi connectivity index (χ0n) is 21.3. The average molecular weight is 606 g/mol. The lowest BCUT2D eigenvalue weighted by molar-refractivity contribution is -0.117. The number of aromatic nitrogens is 2. The molecule has 1 amide bonds. The molecule has 1 aliphatic rings. The Bertz CT molecular complexity index is 1820. The summed E-state index contributed by atoms with van der Waals surface area (Å²) in [7, 11) is 0. The van der Waals surface area contributed by atoms with E-state index in [1.807, 2.05) is 24.3 Å². The van der Waals surface area contributed by atoms with Gasteiger partial charge in [-0.1, -0.05) is 71.1 Å². The van der Waals surface area contributed by atoms with E-state index in [-0.39, 0.29) is 34.6 Å². The normalized spacial score (nSPS) is 15.2. The second kappa shape index (κ2) is 10.9. The third-order valence-electron chi connectivity index (χ3n) is 6.34. The SMILES string of the molecule is CCOc1cc(C2C(C(=O)c3cc4ccccc4o3)=C(O)C(=O)N2c2nnc(Sc3ccccc3Cl)s2)ccc1O. The number of carbonyl (C=O) groups excluding carboxylic acids is 2. The van der Waals surface area contributed by atoms with Crippen LogP contribution in [0, 0.1) is 0 Å². The smallest absolute Gasteiger partial charge is 0.296 e. The molecule has 2 N–H and O–H groups in total. The van der Waals surface area contributed by atoms with Gasteiger partial charge < -0.3 is 19.4 Å². The topological polar surface area (TPSA) is 126 Å². The van der Waals surface area contributed by atoms with Gasteiger partial charge in [-0.15, -0.1) is 10.2 Å². The second-order valence-electron chi connectivity index (χ2n) is 8.86. The molecule has 5 aromatic rings. The molecule has 12 heteroatoms. The van der Waals surface area contributed by atoms with Gasteiger partial charge in [0.15, 0.2) is 27.4 Å². The van der Waals surface area contributed by atoms with E-state index in [2.05, 4.69) is 10.2 Å². The van der Waals surface area contributed by atoms with Crippen LogP contribution in [0.5, 0.6) is 11.5 Å². The number of fused-ring (bicyclic) bond motifs is 1. The van der Waals surface area contributed by atoms with Crippen LogP contribution >= 0.6 is 34.7 Å². The summed E-state index contributed by atoms with van der Waals surface area (Å²) in [5, 5.41) is 31.2. The number of ketones is 1. The van der Waals surface area contributed by atoms with Crippen molar-refractivity contribution < 1.29 is 29.0 Å². The Morgan fingerprint density at radius 2 is 1.88 bits per heavy atom. The molecule has 0 spiro atoms. The Balaban J connectivity index is 1.44. The minimum absolute atomic E-state index is 0.0385. The average Bonchev–Trinajstić information content (AvgIpc) is 3.68. The van der Waals surface area contributed by atoms with Crippen LogP contribution in [-0.2, 0) is 4.79 Å². The lowest BCUT2D eigenvalue weighted by atomic mass is 9.95. The third kappa shape index (κ3) is 4.92. The standard InChI is InChI=1S/C29H20ClN3O6S2/c1-2-38-20-14-16(11-12-18(20)34)24-23(25(35)21-13-15-7-3-5-9-19(15)39-21)26(36)27(37)33(24)28-31-32-29(41-28)40-22-10-6-4-8-17(22)30/h3-14,24,34,36H,2H2,1H3. The van der Waals surface area contributed by atoms with Crippen molar-refractivity contribution in [2.45, 2.75) is 22.2 Å². The number of ether oxygens (including phenoxy) is 1. The molecule has 0 aliphatic carbocycles. The van der Waals surface area contributed by atoms with E-state index in [0.29, 0.717) is 25.9 Å². The highest BCUT2D eigenvalue weighted by molar-refractivity contribution is 8.01. The number of rotatable bonds is 8. The van der Waals surface area contributed by atoms with Crippen LogP contribution < -0.4 is 9.64 Å². The van der Waals surface area contributed by atoms with Crippen LogP contribution in [0.25, 0.3) is 11.0 Å². The van der Waals surface area contributed by atoms with E-state index >= 15 is 0 Å². The summed E-state index contributed by atoms with van der Waals surface area (Å²) in [5.74, 6) is -2.22. The van der Waals surface area contributed by atoms with Gasteiger partial charge in [0, 0.05) is 10.3 Å². The number of phenolic OH excluding ortho intramolecular Hbond substituents is 1. The van der Waals surface area contributed by atoms with Crippen molar-refractivity contribution in [1.82, 2.24) is 10.2 Å². The summed E-state index contributed by atoms with van der Waals surface area (Å²) in [5.41, 5.74) is 0.693. The molecule has 9 nitrogen and oxygen atoms in total. The van der Waals surface area contributed by atoms with E-state index in [1.165, 1.54) is 28.8 Å². The monoisotopic (exact) mass is 605 g/mol. The van der Waals surface area contributed by atoms with Gasteiger partial charge in [-0.3, -0.25) is 14.5 Å². The Hall–Kier alpha value is -4.32. The highest BCUT2D eigenvalue weighted by Gasteiger charge is 2.47. The zero-order chi connectivity index (χ0) is 28.7. The van der Waals surface area contributed by atoms with E-state index in [1.54, 1.807) is 43.3 Å². The number of amides is 1. The fourth-order valence-corrected chi connectivity index (χ4v) is 6.61. The summed E-state index contributed by atoms with van der Waals surface area (Å²) < 4.78 is 11.8. The second-order valence-corrected chi connectivity index (χ2v) is 11.5. The van der Waals surface area contributed by atoms with E-state index < -0.39 is 23.5 Å². The van der Waals surface area contributed by atoms with Gasteiger partial charge in [0.25, 0.3) is 5.91 Å². The maximum atomic E-state index is 13.9. The number of benzene rings is 3. The Morgan fingerprint density at radius 1 is 1.10 bits per heavy atom. The Kier molecular flexibility index (Phi) is 7.16. The number of hydrogen-bond acceptors (Lipinski definition) is 10. The molecule has 0 saturated heterocycles. The molecule has 0 radical (unpaired) electrons. The molecule has 6 rings (SSSR count). The summed E-state index contributed by atoms with van der Waals surface area (Å²) in [4.78, 5) is 29.4. The van der Waals surface area contributed by atoms with Gasteiger partial charge in [0.1, 0.15) is 5.58 Å². The van der Waals surface area contributed by atoms with Crippen LogP contribution in [0.15, 0.2) is 97.8 Å². The summed E-state index contributed by atoms with van der Waals surface area (Å²) in [6, 6.07) is 19.3. The number of aromatic hydroxyl groups is 1. The highest BCUT2D eigenvalue weighted by Crippen LogP contribution is 2.46. The summed E-state index contributed by atoms with van der Waals surface area (Å²) in [6.45, 7) is 2.04. The Labute approximate surface area is 246 Å². The number of aliphatic hydroxyl groups is 1. The first-order valence-corrected chi connectivity index (χ1v) is 14.4. The molecular weight excluding hydrogens is 586 g/mol. The molecule has 41 heavy (non-hydrogen) atoms. The van der Waals surface area contributed by atoms with Gasteiger partial charge in [0.05, 0.1) is 23.2 Å². The van der Waals surface area contributed by atoms with Gasteiger partial charge in [-0.05, 0) is 48.9 Å². The van der Waals surface area contributed by atoms with Crippen molar-refractivity contribution in [3.05, 3.63) is 100 Å². The lowest BCUT2D eigenvalue weighted by Crippen LogP contribution is -2.31. The molecule has 1 atom stereocenters. The predicted octanol–water partition coefficient (Wildman–Crippen LogP) is 6.98. The summed E-state index contributed by atoms with van der Waals surface area (Å²) in [6.07, 6.45) is 0. The Morgan fingerprint density at radius 3 is 2.66 bits per heavy atom. The fraction of sp³-hybridized carbons (Fsp3) is 0.103. The number of halogens is 1. The maximum Gasteiger partial charge on any atom is 0.296 e. The van der Waals surface area contributed by atoms with Crippen LogP contribution in [0.2, 0.25) is 5.02 Å². The number of nitrogens with zero attached hydrogens (tertiary/aromatic N) is 3. The predicted molar refractivity (Wildman–Crippen MR) is 155 cm³/mol. The first-order chi connectivity index (χ1) is 19.9. The van der Waals surface area contributed by atoms with Gasteiger partial charge in [-0.2, -0.15) is 0 Å². The van der Waals surface area contributed by atoms with Crippen LogP contribution in [0.1, 0.15) is 29.1 Å². The van der Waals surface area contributed by atoms with E-state index in [4.69, 9.17) is 20.8 Å². The van der Waals surface area contributed by atoms with Crippen LogP contribution in [0.4, 0.5) is 5.13 Å². The van der Waals surface area contributed by atoms with Crippen molar-refractivity contribution in [2.75, 3.05) is 11.5 Å². The number of phenols is 1. The molecule has 3 heterocycles. The minimum atomic E-state index is -1.12. The molecule has 0 fully saturated rings. The minimum Gasteiger partial charge on any atom is -0.504 e. The molecular formula is C29H20ClN3O6S2. The van der Waals surface area contributed by atoms with E-state index in [0.717, 1.165) is 16.2 Å². The molecule has 1 aliphatic heterocycles. The van der Waals surface area contributed by atoms with E-state index in [9.17, 15) is 19.8 Å². The molecule has 0 bridgehead atoms. The highest BCUT2D eigenvalue weighted by atomic mass is 35.5. The number of furan rings is 1. The molecule has 206 valence electrons. The van der Waals surface area contributed by atoms with Crippen molar-refractivity contribution in [3.63, 3.8) is 0 Å². The molecule has 2 aromatic heterocycles. The quantitative estimate of drug-likeness (QED) is 0.142. The number of aliphatic hydroxyl groups excluding tert-OH is 1. The van der Waals surface area contributed by atoms with Crippen molar-refractivity contribution >= 4 is 62.5 Å². The lowest BCUT2D eigenvalue weighted by Gasteiger charge is -2.24. The number of anilines is 1. The van der Waals surface area contributed by atoms with Crippen LogP contribution in [-0.4, -0.2) is 38.7 Å². The van der Waals surface area contributed by atoms with Gasteiger partial charge in [-0.25, -0.2) is 0 Å². The van der Waals surface area contributed by atoms with Gasteiger partial charge >= 0.3 is 0 Å². The van der Waals surface area contributed by atoms with Gasteiger partial charge in [0.2, 0.25) is 10.9 Å². The van der Waals surface area contributed by atoms with Crippen molar-refractivity contribution in [3.8, 4) is 11.5 Å². The fourth-order valence-electron chi connectivity index (χ4n) is 4.51. The van der Waals surface area contributed by atoms with Crippen molar-refractivity contribution in [1.29, 1.82) is 0 Å². The number of Topliss-reactive ketones (excluding diaryl/α,β-unsaturated/α-hetero) is 1. The first-order valence-electron chi connectivity index (χ1n) is 12.4. The zero-order valence-corrected chi connectivity index (χ0v) is 23.7. The molecule has 0 saturated carbocycles. The van der Waals surface area contributed by atoms with Crippen LogP contribution in [0.3, 0.4) is 0 Å². The van der Waals surface area contributed by atoms with Crippen molar-refractivity contribution in [2.24, 2.45) is 0 Å². The number of para-hydroxylation sites is 1. The third-order valence-corrected chi connectivity index (χ3v) is 8.83. The number of carbonyl (C=O) groups is 2. The molecule has 3 aromatic carbocycles. The first kappa shape index (κ1) is 26.9. The maximum absolute atomic E-state index is 13.9. The molecule has 1 unspecified atom stereocenters. The largest absolute Gasteiger partial charge is 0.504 e. The summed E-state index contributed by atoms with van der Waals surface area (Å²) >= 11 is 8.68.